The zero-order chi connectivity index (χ0) is 8.81. The largest absolute Gasteiger partial charge is 0.385 e. The first-order chi connectivity index (χ1) is 5.88. The molecule has 0 aliphatic carbocycles. The Bertz CT molecular complexity index is 119. The first-order valence-electron chi connectivity index (χ1n) is 4.82. The van der Waals surface area contributed by atoms with Gasteiger partial charge < -0.3 is 10.1 Å². The Morgan fingerprint density at radius 3 is 3.08 bits per heavy atom. The zero-order valence-corrected chi connectivity index (χ0v) is 8.18. The molecule has 1 aliphatic heterocycles. The monoisotopic (exact) mass is 172 g/mol. The topological polar surface area (TPSA) is 24.5 Å². The molecule has 1 atom stereocenters. The molecule has 1 rings (SSSR count). The van der Waals surface area contributed by atoms with E-state index in [9.17, 15) is 0 Å². The maximum Gasteiger partial charge on any atom is 0.0477 e. The highest BCUT2D eigenvalue weighted by Crippen LogP contribution is 2.06. The molecule has 1 unspecified atom stereocenters. The number of rotatable bonds is 4. The van der Waals surface area contributed by atoms with E-state index in [1.807, 2.05) is 0 Å². The normalized spacial score (nSPS) is 26.0. The Hall–Kier alpha value is -0.120. The minimum atomic E-state index is 0.684. The minimum Gasteiger partial charge on any atom is -0.385 e. The third-order valence-electron chi connectivity index (χ3n) is 2.53. The maximum absolute atomic E-state index is 5.08. The summed E-state index contributed by atoms with van der Waals surface area (Å²) in [4.78, 5) is 2.52. The summed E-state index contributed by atoms with van der Waals surface area (Å²) in [6.07, 6.45) is 1.15. The van der Waals surface area contributed by atoms with E-state index < -0.39 is 0 Å². The summed E-state index contributed by atoms with van der Waals surface area (Å²) in [5, 5.41) is 3.41. The molecule has 0 aromatic heterocycles. The number of hydrogen-bond acceptors (Lipinski definition) is 3. The van der Waals surface area contributed by atoms with Gasteiger partial charge in [0, 0.05) is 39.4 Å². The molecule has 3 nitrogen and oxygen atoms in total. The van der Waals surface area contributed by atoms with Crippen LogP contribution in [0.5, 0.6) is 0 Å². The molecule has 1 aliphatic rings. The Morgan fingerprint density at radius 2 is 2.42 bits per heavy atom. The molecule has 0 saturated carbocycles. The number of nitrogens with one attached hydrogen (secondary N) is 1. The summed E-state index contributed by atoms with van der Waals surface area (Å²) in [6.45, 7) is 7.71. The second-order valence-electron chi connectivity index (χ2n) is 3.27. The van der Waals surface area contributed by atoms with Crippen molar-refractivity contribution in [2.45, 2.75) is 19.4 Å². The van der Waals surface area contributed by atoms with Crippen LogP contribution >= 0.6 is 0 Å². The van der Waals surface area contributed by atoms with Crippen molar-refractivity contribution in [3.05, 3.63) is 0 Å². The number of nitrogens with zero attached hydrogens (tertiary/aromatic N) is 1. The fourth-order valence-electron chi connectivity index (χ4n) is 1.76. The second-order valence-corrected chi connectivity index (χ2v) is 3.27. The fraction of sp³-hybridized carbons (Fsp3) is 1.00. The predicted octanol–water partition coefficient (Wildman–Crippen LogP) is 0.317. The van der Waals surface area contributed by atoms with Crippen LogP contribution in [0.3, 0.4) is 0 Å². The van der Waals surface area contributed by atoms with Crippen LogP contribution in [0.1, 0.15) is 13.3 Å². The van der Waals surface area contributed by atoms with E-state index in [1.165, 1.54) is 6.54 Å². The molecule has 1 heterocycles. The molecule has 0 bridgehead atoms. The van der Waals surface area contributed by atoms with Crippen LogP contribution in [-0.2, 0) is 4.74 Å². The van der Waals surface area contributed by atoms with E-state index in [-0.39, 0.29) is 0 Å². The number of methoxy groups -OCH3 is 1. The van der Waals surface area contributed by atoms with Gasteiger partial charge in [-0.3, -0.25) is 4.90 Å². The van der Waals surface area contributed by atoms with Gasteiger partial charge in [0.15, 0.2) is 0 Å². The molecular weight excluding hydrogens is 152 g/mol. The smallest absolute Gasteiger partial charge is 0.0477 e. The van der Waals surface area contributed by atoms with Crippen LogP contribution in [0.15, 0.2) is 0 Å². The molecule has 1 saturated heterocycles. The molecule has 72 valence electrons. The van der Waals surface area contributed by atoms with Crippen LogP contribution in [0.25, 0.3) is 0 Å². The number of likely N-dealkylation sites (N-methyl/N-ethyl adjacent to an activating group) is 1. The van der Waals surface area contributed by atoms with Gasteiger partial charge in [-0.1, -0.05) is 6.92 Å². The lowest BCUT2D eigenvalue weighted by molar-refractivity contribution is 0.116. The number of piperazine rings is 1. The maximum atomic E-state index is 5.08. The van der Waals surface area contributed by atoms with E-state index in [2.05, 4.69) is 17.1 Å². The second kappa shape index (κ2) is 5.51. The van der Waals surface area contributed by atoms with Gasteiger partial charge in [-0.15, -0.1) is 0 Å². The van der Waals surface area contributed by atoms with Crippen molar-refractivity contribution in [3.63, 3.8) is 0 Å². The van der Waals surface area contributed by atoms with Crippen molar-refractivity contribution in [1.82, 2.24) is 10.2 Å². The summed E-state index contributed by atoms with van der Waals surface area (Å²) in [5.74, 6) is 0. The molecule has 0 radical (unpaired) electrons. The Labute approximate surface area is 75.1 Å². The third-order valence-corrected chi connectivity index (χ3v) is 2.53. The Kier molecular flexibility index (Phi) is 4.58. The zero-order valence-electron chi connectivity index (χ0n) is 8.18. The average molecular weight is 172 g/mol. The highest BCUT2D eigenvalue weighted by atomic mass is 16.5. The van der Waals surface area contributed by atoms with Crippen molar-refractivity contribution in [1.29, 1.82) is 0 Å². The standard InChI is InChI=1S/C9H20N2O/c1-3-11-6-5-10-8-9(11)4-7-12-2/h9-10H,3-8H2,1-2H3. The molecule has 0 spiro atoms. The van der Waals surface area contributed by atoms with Crippen LogP contribution in [-0.4, -0.2) is 50.8 Å². The van der Waals surface area contributed by atoms with Crippen molar-refractivity contribution in [3.8, 4) is 0 Å². The lowest BCUT2D eigenvalue weighted by Crippen LogP contribution is -2.51. The summed E-state index contributed by atoms with van der Waals surface area (Å²) < 4.78 is 5.08. The lowest BCUT2D eigenvalue weighted by atomic mass is 10.1. The molecule has 0 aromatic carbocycles. The highest BCUT2D eigenvalue weighted by Gasteiger charge is 2.19. The van der Waals surface area contributed by atoms with Gasteiger partial charge >= 0.3 is 0 Å². The number of hydrogen-bond donors (Lipinski definition) is 1. The van der Waals surface area contributed by atoms with E-state index in [0.717, 1.165) is 32.7 Å². The SMILES string of the molecule is CCN1CCNCC1CCOC. The van der Waals surface area contributed by atoms with Crippen molar-refractivity contribution in [2.75, 3.05) is 39.9 Å². The lowest BCUT2D eigenvalue weighted by Gasteiger charge is -2.35. The van der Waals surface area contributed by atoms with Crippen LogP contribution in [0, 0.1) is 0 Å². The number of ether oxygens (including phenoxy) is 1. The van der Waals surface area contributed by atoms with Gasteiger partial charge in [0.05, 0.1) is 0 Å². The molecule has 3 heteroatoms. The van der Waals surface area contributed by atoms with Gasteiger partial charge in [0.25, 0.3) is 0 Å². The van der Waals surface area contributed by atoms with Gasteiger partial charge in [-0.25, -0.2) is 0 Å². The molecule has 0 aromatic rings. The molecule has 1 fully saturated rings. The van der Waals surface area contributed by atoms with E-state index in [4.69, 9.17) is 4.74 Å². The van der Waals surface area contributed by atoms with Crippen molar-refractivity contribution < 1.29 is 4.74 Å². The fourth-order valence-corrected chi connectivity index (χ4v) is 1.76. The van der Waals surface area contributed by atoms with Gasteiger partial charge in [-0.05, 0) is 13.0 Å². The summed E-state index contributed by atoms with van der Waals surface area (Å²) in [5.41, 5.74) is 0. The van der Waals surface area contributed by atoms with Crippen LogP contribution in [0.4, 0.5) is 0 Å². The average Bonchev–Trinajstić information content (AvgIpc) is 2.15. The summed E-state index contributed by atoms with van der Waals surface area (Å²) in [6, 6.07) is 0.684. The predicted molar refractivity (Wildman–Crippen MR) is 50.4 cm³/mol. The minimum absolute atomic E-state index is 0.684. The quantitative estimate of drug-likeness (QED) is 0.661. The van der Waals surface area contributed by atoms with E-state index in [0.29, 0.717) is 6.04 Å². The van der Waals surface area contributed by atoms with Crippen LogP contribution in [0.2, 0.25) is 0 Å². The highest BCUT2D eigenvalue weighted by molar-refractivity contribution is 4.78. The van der Waals surface area contributed by atoms with E-state index >= 15 is 0 Å². The molecule has 12 heavy (non-hydrogen) atoms. The van der Waals surface area contributed by atoms with Crippen LogP contribution < -0.4 is 5.32 Å². The van der Waals surface area contributed by atoms with Crippen molar-refractivity contribution >= 4 is 0 Å². The molecular formula is C9H20N2O. The van der Waals surface area contributed by atoms with Gasteiger partial charge in [-0.2, -0.15) is 0 Å². The summed E-state index contributed by atoms with van der Waals surface area (Å²) >= 11 is 0. The Balaban J connectivity index is 2.26. The van der Waals surface area contributed by atoms with E-state index in [1.54, 1.807) is 7.11 Å². The van der Waals surface area contributed by atoms with Crippen molar-refractivity contribution in [2.24, 2.45) is 0 Å². The van der Waals surface area contributed by atoms with Gasteiger partial charge in [0.1, 0.15) is 0 Å². The Morgan fingerprint density at radius 1 is 1.58 bits per heavy atom. The third kappa shape index (κ3) is 2.73. The summed E-state index contributed by atoms with van der Waals surface area (Å²) in [7, 11) is 1.77. The first-order valence-corrected chi connectivity index (χ1v) is 4.82. The van der Waals surface area contributed by atoms with Gasteiger partial charge in [0.2, 0.25) is 0 Å². The molecule has 0 amide bonds. The molecule has 1 N–H and O–H groups in total. The first kappa shape index (κ1) is 9.96.